The molecule has 1 atom stereocenters. The fourth-order valence-electron chi connectivity index (χ4n) is 3.67. The number of H-pyrrole nitrogens is 1. The lowest BCUT2D eigenvalue weighted by Gasteiger charge is -2.27. The van der Waals surface area contributed by atoms with E-state index in [1.165, 1.54) is 30.7 Å². The fraction of sp³-hybridized carbons (Fsp3) is 0.174. The number of fused-ring (bicyclic) bond motifs is 1. The minimum absolute atomic E-state index is 0.0483. The summed E-state index contributed by atoms with van der Waals surface area (Å²) in [6, 6.07) is 5.59. The Kier molecular flexibility index (Phi) is 6.16. The maximum Gasteiger partial charge on any atom is 0.250 e. The van der Waals surface area contributed by atoms with E-state index < -0.39 is 5.16 Å². The van der Waals surface area contributed by atoms with Crippen molar-refractivity contribution >= 4 is 44.4 Å². The molecule has 4 rings (SSSR count). The number of ether oxygens (including phenoxy) is 1. The third kappa shape index (κ3) is 4.53. The van der Waals surface area contributed by atoms with Crippen LogP contribution in [-0.4, -0.2) is 65.7 Å². The van der Waals surface area contributed by atoms with E-state index in [1.54, 1.807) is 6.20 Å². The summed E-state index contributed by atoms with van der Waals surface area (Å²) in [7, 11) is 5.26. The maximum absolute atomic E-state index is 12.3. The van der Waals surface area contributed by atoms with Gasteiger partial charge in [-0.3, -0.25) is 15.3 Å². The lowest BCUT2D eigenvalue weighted by atomic mass is 10.1. The quantitative estimate of drug-likeness (QED) is 0.146. The van der Waals surface area contributed by atoms with E-state index in [-0.39, 0.29) is 29.5 Å². The van der Waals surface area contributed by atoms with Crippen LogP contribution in [0.2, 0.25) is 0 Å². The number of anilines is 2. The lowest BCUT2D eigenvalue weighted by Crippen LogP contribution is -2.43. The predicted octanol–water partition coefficient (Wildman–Crippen LogP) is 1.54. The van der Waals surface area contributed by atoms with E-state index >= 15 is 0 Å². The van der Waals surface area contributed by atoms with Crippen LogP contribution in [0.15, 0.2) is 55.3 Å². The first-order valence-electron chi connectivity index (χ1n) is 10.2. The molecule has 3 heterocycles. The summed E-state index contributed by atoms with van der Waals surface area (Å²) < 4.78 is 5.13. The summed E-state index contributed by atoms with van der Waals surface area (Å²) in [5.41, 5.74) is 8.60. The van der Waals surface area contributed by atoms with Crippen molar-refractivity contribution in [3.63, 3.8) is 0 Å². The van der Waals surface area contributed by atoms with Crippen molar-refractivity contribution in [1.82, 2.24) is 25.1 Å². The molecule has 169 valence electrons. The highest BCUT2D eigenvalue weighted by Crippen LogP contribution is 2.32. The minimum Gasteiger partial charge on any atom is -0.503 e. The highest BCUT2D eigenvalue weighted by molar-refractivity contribution is 6.20. The smallest absolute Gasteiger partial charge is 0.250 e. The van der Waals surface area contributed by atoms with Crippen molar-refractivity contribution in [2.45, 2.75) is 11.6 Å². The van der Waals surface area contributed by atoms with Gasteiger partial charge in [0.1, 0.15) is 29.9 Å². The van der Waals surface area contributed by atoms with E-state index in [1.807, 2.05) is 18.2 Å². The van der Waals surface area contributed by atoms with E-state index in [0.29, 0.717) is 17.9 Å². The first-order chi connectivity index (χ1) is 16.3. The third-order valence-electron chi connectivity index (χ3n) is 5.21. The Labute approximate surface area is 199 Å². The van der Waals surface area contributed by atoms with Gasteiger partial charge in [-0.05, 0) is 30.2 Å². The Morgan fingerprint density at radius 2 is 2.29 bits per heavy atom. The molecular weight excluding hydrogens is 448 g/mol. The van der Waals surface area contributed by atoms with Crippen molar-refractivity contribution < 1.29 is 9.53 Å². The number of carbonyl (C=O) groups is 1. The van der Waals surface area contributed by atoms with E-state index in [9.17, 15) is 4.79 Å². The van der Waals surface area contributed by atoms with Gasteiger partial charge >= 0.3 is 0 Å². The van der Waals surface area contributed by atoms with E-state index in [0.717, 1.165) is 16.5 Å². The van der Waals surface area contributed by atoms with Crippen LogP contribution in [0.3, 0.4) is 0 Å². The number of carbonyl (C=O) groups excluding carboxylic acids is 1. The predicted molar refractivity (Wildman–Crippen MR) is 130 cm³/mol. The molecule has 0 bridgehead atoms. The number of benzene rings is 1. The topological polar surface area (TPSA) is 146 Å². The second kappa shape index (κ2) is 9.20. The number of aromatic amines is 1. The summed E-state index contributed by atoms with van der Waals surface area (Å²) in [6.07, 6.45) is 6.15. The van der Waals surface area contributed by atoms with Crippen LogP contribution in [-0.2, 0) is 9.53 Å². The van der Waals surface area contributed by atoms with Crippen LogP contribution in [0.25, 0.3) is 10.9 Å². The van der Waals surface area contributed by atoms with E-state index in [2.05, 4.69) is 54.1 Å². The summed E-state index contributed by atoms with van der Waals surface area (Å²) >= 11 is 0. The molecule has 1 fully saturated rings. The molecule has 1 amide bonds. The number of likely N-dealkylation sites (tertiary alicyclic amines) is 1. The van der Waals surface area contributed by atoms with Crippen molar-refractivity contribution in [2.75, 3.05) is 24.7 Å². The van der Waals surface area contributed by atoms with Crippen LogP contribution >= 0.6 is 0 Å². The molecule has 2 aromatic heterocycles. The normalized spacial score (nSPS) is 18.4. The molecule has 1 aliphatic rings. The molecule has 1 saturated heterocycles. The second-order valence-corrected chi connectivity index (χ2v) is 8.59. The molecule has 3 aromatic rings. The number of amides is 1. The van der Waals surface area contributed by atoms with Gasteiger partial charge in [-0.25, -0.2) is 9.97 Å². The monoisotopic (exact) mass is 469 g/mol. The van der Waals surface area contributed by atoms with E-state index in [4.69, 9.17) is 15.9 Å². The van der Waals surface area contributed by atoms with Crippen LogP contribution < -0.4 is 11.1 Å². The summed E-state index contributed by atoms with van der Waals surface area (Å²) in [4.78, 5) is 22.2. The number of nitrogens with zero attached hydrogens (tertiary/aromatic N) is 4. The number of aromatic nitrogens is 4. The lowest BCUT2D eigenvalue weighted by molar-refractivity contribution is -0.123. The SMILES string of the molecule is C=CC(=O)N1CC([Si])(Nc2ncnc(N)c2C(=N)C#Cc2ccc3[nH]ncc3c2)C/C1=C\OC. The zero-order valence-electron chi connectivity index (χ0n) is 18.3. The molecule has 1 aromatic carbocycles. The average molecular weight is 470 g/mol. The van der Waals surface area contributed by atoms with Gasteiger partial charge in [0, 0.05) is 29.1 Å². The summed E-state index contributed by atoms with van der Waals surface area (Å²) in [6.45, 7) is 3.82. The van der Waals surface area contributed by atoms with Crippen LogP contribution in [0.4, 0.5) is 11.6 Å². The molecule has 34 heavy (non-hydrogen) atoms. The number of nitrogen functional groups attached to an aromatic ring is 1. The zero-order valence-corrected chi connectivity index (χ0v) is 19.3. The molecule has 1 aliphatic heterocycles. The number of nitrogens with one attached hydrogen (secondary N) is 3. The molecular formula is C23H21N8O2Si. The number of rotatable bonds is 5. The maximum atomic E-state index is 12.3. The van der Waals surface area contributed by atoms with Gasteiger partial charge in [0.2, 0.25) is 5.91 Å². The van der Waals surface area contributed by atoms with Gasteiger partial charge in [-0.1, -0.05) is 12.5 Å². The van der Waals surface area contributed by atoms with Gasteiger partial charge in [0.05, 0.1) is 40.3 Å². The number of hydrogen-bond acceptors (Lipinski definition) is 8. The molecule has 0 saturated carbocycles. The Bertz CT molecular complexity index is 1390. The fourth-order valence-corrected chi connectivity index (χ4v) is 4.13. The third-order valence-corrected chi connectivity index (χ3v) is 5.67. The van der Waals surface area contributed by atoms with Gasteiger partial charge in [0.25, 0.3) is 0 Å². The molecule has 0 aliphatic carbocycles. The Morgan fingerprint density at radius 1 is 1.47 bits per heavy atom. The number of hydrogen-bond donors (Lipinski definition) is 4. The van der Waals surface area contributed by atoms with Crippen LogP contribution in [0.5, 0.6) is 0 Å². The Morgan fingerprint density at radius 3 is 3.06 bits per heavy atom. The summed E-state index contributed by atoms with van der Waals surface area (Å²) in [5.74, 6) is 5.98. The molecule has 0 spiro atoms. The highest BCUT2D eigenvalue weighted by atomic mass is 28.1. The highest BCUT2D eigenvalue weighted by Gasteiger charge is 2.40. The van der Waals surface area contributed by atoms with Gasteiger partial charge in [-0.2, -0.15) is 5.10 Å². The van der Waals surface area contributed by atoms with Crippen molar-refractivity contribution in [3.05, 3.63) is 66.5 Å². The summed E-state index contributed by atoms with van der Waals surface area (Å²) in [5, 5.41) is 18.8. The Balaban J connectivity index is 1.62. The first-order valence-corrected chi connectivity index (χ1v) is 10.7. The molecule has 3 radical (unpaired) electrons. The average Bonchev–Trinajstić information content (AvgIpc) is 3.41. The molecule has 5 N–H and O–H groups in total. The molecule has 1 unspecified atom stereocenters. The van der Waals surface area contributed by atoms with Gasteiger partial charge in [0.15, 0.2) is 0 Å². The first kappa shape index (κ1) is 22.7. The Hall–Kier alpha value is -4.43. The minimum atomic E-state index is -0.793. The zero-order chi connectivity index (χ0) is 24.3. The number of nitrogens with two attached hydrogens (primary N) is 1. The van der Waals surface area contributed by atoms with Crippen LogP contribution in [0, 0.1) is 17.3 Å². The van der Waals surface area contributed by atoms with Crippen LogP contribution in [0.1, 0.15) is 17.5 Å². The number of methoxy groups -OCH3 is 1. The van der Waals surface area contributed by atoms with Crippen molar-refractivity contribution in [1.29, 1.82) is 5.41 Å². The largest absolute Gasteiger partial charge is 0.503 e. The van der Waals surface area contributed by atoms with Gasteiger partial charge < -0.3 is 20.7 Å². The van der Waals surface area contributed by atoms with Crippen molar-refractivity contribution in [3.8, 4) is 11.8 Å². The van der Waals surface area contributed by atoms with Gasteiger partial charge in [-0.15, -0.1) is 0 Å². The standard InChI is InChI=1S/C23H21N8O2Si/c1-3-19(32)31-12-23(34,9-16(31)11-33-2)29-22-20(21(25)26-13-27-22)17(24)6-4-14-5-7-18-15(8-14)10-28-30-18/h3,5,7-8,10-11,13,24H,1,9,12H2,2H3,(H,28,30)(H3,25,26,27,29)/b16-11+,24-17?. The van der Waals surface area contributed by atoms with Crippen molar-refractivity contribution in [2.24, 2.45) is 0 Å². The molecule has 10 nitrogen and oxygen atoms in total. The second-order valence-electron chi connectivity index (χ2n) is 7.64. The molecule has 11 heteroatoms.